The van der Waals surface area contributed by atoms with Crippen molar-refractivity contribution in [3.8, 4) is 5.75 Å². The fourth-order valence-corrected chi connectivity index (χ4v) is 3.34. The van der Waals surface area contributed by atoms with Gasteiger partial charge in [-0.3, -0.25) is 9.59 Å². The lowest BCUT2D eigenvalue weighted by molar-refractivity contribution is -0.138. The highest BCUT2D eigenvalue weighted by molar-refractivity contribution is 7.13. The normalized spacial score (nSPS) is 16.1. The molecule has 0 spiro atoms. The number of hydrogen-bond donors (Lipinski definition) is 1. The molecule has 0 saturated carbocycles. The molecule has 0 radical (unpaired) electrons. The summed E-state index contributed by atoms with van der Waals surface area (Å²) in [7, 11) is 0. The number of nitrogens with one attached hydrogen (secondary N) is 1. The zero-order chi connectivity index (χ0) is 19.1. The third-order valence-electron chi connectivity index (χ3n) is 3.99. The molecule has 1 atom stereocenters. The standard InChI is InChI=1S/C18H20ClN3O4S/c19-13-3-5-14(6-4-13)26-12-17(24)22(10-15-2-1-8-25-15)11-16(23)21-18-20-7-9-27-18/h3-7,9,15H,1-2,8,10-12H2,(H,20,21,23). The summed E-state index contributed by atoms with van der Waals surface area (Å²) in [6, 6.07) is 6.75. The van der Waals surface area contributed by atoms with E-state index in [4.69, 9.17) is 21.1 Å². The molecule has 7 nitrogen and oxygen atoms in total. The predicted molar refractivity (Wildman–Crippen MR) is 103 cm³/mol. The fraction of sp³-hybridized carbons (Fsp3) is 0.389. The second-order valence-corrected chi connectivity index (χ2v) is 7.37. The van der Waals surface area contributed by atoms with Gasteiger partial charge in [0.2, 0.25) is 5.91 Å². The monoisotopic (exact) mass is 409 g/mol. The van der Waals surface area contributed by atoms with Gasteiger partial charge in [0.15, 0.2) is 11.7 Å². The Morgan fingerprint density at radius 3 is 2.85 bits per heavy atom. The molecule has 9 heteroatoms. The molecule has 1 N–H and O–H groups in total. The van der Waals surface area contributed by atoms with Crippen LogP contribution in [0.5, 0.6) is 5.75 Å². The van der Waals surface area contributed by atoms with Gasteiger partial charge >= 0.3 is 0 Å². The van der Waals surface area contributed by atoms with Crippen molar-refractivity contribution in [3.63, 3.8) is 0 Å². The number of ether oxygens (including phenoxy) is 2. The van der Waals surface area contributed by atoms with Crippen molar-refractivity contribution in [3.05, 3.63) is 40.9 Å². The first kappa shape index (κ1) is 19.6. The molecule has 1 aliphatic rings. The number of nitrogens with zero attached hydrogens (tertiary/aromatic N) is 2. The molecule has 2 aromatic rings. The van der Waals surface area contributed by atoms with Crippen LogP contribution >= 0.6 is 22.9 Å². The van der Waals surface area contributed by atoms with E-state index in [1.165, 1.54) is 16.2 Å². The summed E-state index contributed by atoms with van der Waals surface area (Å²) in [4.78, 5) is 30.4. The molecule has 144 valence electrons. The van der Waals surface area contributed by atoms with Crippen LogP contribution in [0, 0.1) is 0 Å². The van der Waals surface area contributed by atoms with Gasteiger partial charge in [-0.25, -0.2) is 4.98 Å². The number of aromatic nitrogens is 1. The molecule has 2 amide bonds. The number of rotatable bonds is 8. The Balaban J connectivity index is 1.58. The molecule has 1 aliphatic heterocycles. The van der Waals surface area contributed by atoms with Gasteiger partial charge in [-0.05, 0) is 37.1 Å². The molecule has 1 aromatic heterocycles. The maximum absolute atomic E-state index is 12.6. The third kappa shape index (κ3) is 6.20. The molecule has 0 aliphatic carbocycles. The Kier molecular flexibility index (Phi) is 7.03. The number of thiazole rings is 1. The van der Waals surface area contributed by atoms with Gasteiger partial charge in [-0.1, -0.05) is 11.6 Å². The van der Waals surface area contributed by atoms with Crippen molar-refractivity contribution in [2.75, 3.05) is 31.6 Å². The molecule has 3 rings (SSSR count). The number of carbonyl (C=O) groups excluding carboxylic acids is 2. The van der Waals surface area contributed by atoms with Crippen LogP contribution in [0.25, 0.3) is 0 Å². The van der Waals surface area contributed by atoms with Crippen LogP contribution in [0.4, 0.5) is 5.13 Å². The SMILES string of the molecule is O=C(CN(CC1CCCO1)C(=O)COc1ccc(Cl)cc1)Nc1nccs1. The zero-order valence-electron chi connectivity index (χ0n) is 14.6. The lowest BCUT2D eigenvalue weighted by Gasteiger charge is -2.24. The van der Waals surface area contributed by atoms with Crippen molar-refractivity contribution in [1.82, 2.24) is 9.88 Å². The van der Waals surface area contributed by atoms with E-state index in [1.807, 2.05) is 0 Å². The minimum Gasteiger partial charge on any atom is -0.484 e. The second-order valence-electron chi connectivity index (χ2n) is 6.04. The first-order valence-electron chi connectivity index (χ1n) is 8.57. The quantitative estimate of drug-likeness (QED) is 0.725. The van der Waals surface area contributed by atoms with Crippen molar-refractivity contribution in [2.45, 2.75) is 18.9 Å². The van der Waals surface area contributed by atoms with Crippen LogP contribution in [0.1, 0.15) is 12.8 Å². The maximum Gasteiger partial charge on any atom is 0.261 e. The lowest BCUT2D eigenvalue weighted by atomic mass is 10.2. The number of halogens is 1. The van der Waals surface area contributed by atoms with Gasteiger partial charge in [-0.2, -0.15) is 0 Å². The van der Waals surface area contributed by atoms with E-state index in [0.29, 0.717) is 29.1 Å². The Bertz CT molecular complexity index is 748. The summed E-state index contributed by atoms with van der Waals surface area (Å²) in [5.41, 5.74) is 0. The fourth-order valence-electron chi connectivity index (χ4n) is 2.67. The van der Waals surface area contributed by atoms with Crippen molar-refractivity contribution in [1.29, 1.82) is 0 Å². The van der Waals surface area contributed by atoms with Gasteiger partial charge < -0.3 is 19.7 Å². The van der Waals surface area contributed by atoms with Crippen LogP contribution in [-0.2, 0) is 14.3 Å². The summed E-state index contributed by atoms with van der Waals surface area (Å²) in [5, 5.41) is 5.55. The Morgan fingerprint density at radius 2 is 2.19 bits per heavy atom. The van der Waals surface area contributed by atoms with Crippen LogP contribution in [0.15, 0.2) is 35.8 Å². The van der Waals surface area contributed by atoms with Crippen molar-refractivity contribution in [2.24, 2.45) is 0 Å². The molecule has 1 unspecified atom stereocenters. The minimum atomic E-state index is -0.303. The smallest absolute Gasteiger partial charge is 0.261 e. The molecule has 1 fully saturated rings. The Morgan fingerprint density at radius 1 is 1.37 bits per heavy atom. The molecule has 1 saturated heterocycles. The second kappa shape index (κ2) is 9.68. The first-order valence-corrected chi connectivity index (χ1v) is 9.83. The summed E-state index contributed by atoms with van der Waals surface area (Å²) < 4.78 is 11.1. The molecular formula is C18H20ClN3O4S. The molecule has 0 bridgehead atoms. The number of benzene rings is 1. The van der Waals surface area contributed by atoms with Crippen molar-refractivity contribution >= 4 is 39.9 Å². The van der Waals surface area contributed by atoms with Crippen molar-refractivity contribution < 1.29 is 19.1 Å². The summed E-state index contributed by atoms with van der Waals surface area (Å²) in [6.45, 7) is 0.786. The highest BCUT2D eigenvalue weighted by Gasteiger charge is 2.25. The molecule has 2 heterocycles. The minimum absolute atomic E-state index is 0.0582. The average Bonchev–Trinajstić information content (AvgIpc) is 3.34. The van der Waals surface area contributed by atoms with E-state index >= 15 is 0 Å². The van der Waals surface area contributed by atoms with Crippen LogP contribution in [0.3, 0.4) is 0 Å². The Hall–Kier alpha value is -2.16. The molecule has 27 heavy (non-hydrogen) atoms. The summed E-state index contributed by atoms with van der Waals surface area (Å²) in [6.07, 6.45) is 3.38. The number of anilines is 1. The average molecular weight is 410 g/mol. The van der Waals surface area contributed by atoms with Crippen LogP contribution < -0.4 is 10.1 Å². The van der Waals surface area contributed by atoms with Gasteiger partial charge in [0.25, 0.3) is 5.91 Å². The lowest BCUT2D eigenvalue weighted by Crippen LogP contribution is -2.44. The van der Waals surface area contributed by atoms with E-state index in [9.17, 15) is 9.59 Å². The summed E-state index contributed by atoms with van der Waals surface area (Å²) in [5.74, 6) is -0.0467. The van der Waals surface area contributed by atoms with Crippen LogP contribution in [0.2, 0.25) is 5.02 Å². The van der Waals surface area contributed by atoms with E-state index < -0.39 is 0 Å². The number of amides is 2. The largest absolute Gasteiger partial charge is 0.484 e. The highest BCUT2D eigenvalue weighted by Crippen LogP contribution is 2.17. The van der Waals surface area contributed by atoms with Gasteiger partial charge in [0, 0.05) is 29.8 Å². The maximum atomic E-state index is 12.6. The van der Waals surface area contributed by atoms with Gasteiger partial charge in [0.05, 0.1) is 6.10 Å². The molecular weight excluding hydrogens is 390 g/mol. The molecule has 1 aromatic carbocycles. The first-order chi connectivity index (χ1) is 13.1. The third-order valence-corrected chi connectivity index (χ3v) is 4.93. The Labute approximate surface area is 166 Å². The summed E-state index contributed by atoms with van der Waals surface area (Å²) >= 11 is 7.16. The topological polar surface area (TPSA) is 80.8 Å². The highest BCUT2D eigenvalue weighted by atomic mass is 35.5. The van der Waals surface area contributed by atoms with Crippen LogP contribution in [-0.4, -0.2) is 54.1 Å². The van der Waals surface area contributed by atoms with E-state index in [1.54, 1.807) is 35.8 Å². The van der Waals surface area contributed by atoms with E-state index in [2.05, 4.69) is 10.3 Å². The van der Waals surface area contributed by atoms with E-state index in [0.717, 1.165) is 12.8 Å². The predicted octanol–water partition coefficient (Wildman–Crippen LogP) is 2.82. The van der Waals surface area contributed by atoms with Gasteiger partial charge in [0.1, 0.15) is 12.3 Å². The van der Waals surface area contributed by atoms with Gasteiger partial charge in [-0.15, -0.1) is 11.3 Å². The van der Waals surface area contributed by atoms with E-state index in [-0.39, 0.29) is 31.1 Å². The number of carbonyl (C=O) groups is 2. The number of hydrogen-bond acceptors (Lipinski definition) is 6. The zero-order valence-corrected chi connectivity index (χ0v) is 16.2.